The summed E-state index contributed by atoms with van der Waals surface area (Å²) < 4.78 is 0. The molecular formula is C22H25NO3. The standard InChI is InChI=1S/C22H25NO3/c24-21(19-11-12-20(15-19)22(25)26)23(16-18-9-5-2-6-10-18)14-13-17-7-3-1-4-8-17/h1-10,19-20H,11-16H2,(H,25,26)/t19-,20+/m0/s1. The van der Waals surface area contributed by atoms with Crippen molar-refractivity contribution in [1.82, 2.24) is 4.90 Å². The van der Waals surface area contributed by atoms with E-state index in [4.69, 9.17) is 0 Å². The van der Waals surface area contributed by atoms with E-state index in [1.165, 1.54) is 5.56 Å². The van der Waals surface area contributed by atoms with Gasteiger partial charge in [-0.2, -0.15) is 0 Å². The van der Waals surface area contributed by atoms with Crippen LogP contribution in [0.25, 0.3) is 0 Å². The van der Waals surface area contributed by atoms with Crippen molar-refractivity contribution < 1.29 is 14.7 Å². The molecule has 0 aliphatic heterocycles. The number of carboxylic acids is 1. The molecule has 1 aliphatic carbocycles. The number of rotatable bonds is 7. The molecule has 1 N–H and O–H groups in total. The molecule has 1 aliphatic rings. The lowest BCUT2D eigenvalue weighted by Gasteiger charge is -2.26. The third kappa shape index (κ3) is 4.72. The molecule has 0 spiro atoms. The maximum atomic E-state index is 13.1. The van der Waals surface area contributed by atoms with Gasteiger partial charge in [0.1, 0.15) is 0 Å². The molecule has 0 aromatic heterocycles. The summed E-state index contributed by atoms with van der Waals surface area (Å²) >= 11 is 0. The summed E-state index contributed by atoms with van der Waals surface area (Å²) in [5.41, 5.74) is 2.30. The number of amides is 1. The van der Waals surface area contributed by atoms with Crippen LogP contribution < -0.4 is 0 Å². The highest BCUT2D eigenvalue weighted by molar-refractivity contribution is 5.81. The van der Waals surface area contributed by atoms with E-state index in [0.29, 0.717) is 32.4 Å². The Hall–Kier alpha value is -2.62. The quantitative estimate of drug-likeness (QED) is 0.826. The van der Waals surface area contributed by atoms with Gasteiger partial charge in [0, 0.05) is 19.0 Å². The lowest BCUT2D eigenvalue weighted by molar-refractivity contribution is -0.141. The molecule has 2 atom stereocenters. The molecule has 136 valence electrons. The van der Waals surface area contributed by atoms with Crippen LogP contribution in [-0.4, -0.2) is 28.4 Å². The molecule has 0 unspecified atom stereocenters. The zero-order valence-corrected chi connectivity index (χ0v) is 14.9. The van der Waals surface area contributed by atoms with E-state index in [9.17, 15) is 14.7 Å². The van der Waals surface area contributed by atoms with Gasteiger partial charge in [0.25, 0.3) is 0 Å². The molecule has 0 heterocycles. The second-order valence-electron chi connectivity index (χ2n) is 7.03. The zero-order valence-electron chi connectivity index (χ0n) is 14.9. The van der Waals surface area contributed by atoms with Gasteiger partial charge in [-0.1, -0.05) is 60.7 Å². The van der Waals surface area contributed by atoms with Crippen LogP contribution in [0.2, 0.25) is 0 Å². The monoisotopic (exact) mass is 351 g/mol. The molecular weight excluding hydrogens is 326 g/mol. The SMILES string of the molecule is O=C(O)[C@@H]1CC[C@H](C(=O)N(CCc2ccccc2)Cc2ccccc2)C1. The molecule has 0 saturated heterocycles. The number of hydrogen-bond donors (Lipinski definition) is 1. The van der Waals surface area contributed by atoms with Gasteiger partial charge < -0.3 is 10.0 Å². The molecule has 26 heavy (non-hydrogen) atoms. The molecule has 4 heteroatoms. The van der Waals surface area contributed by atoms with E-state index in [0.717, 1.165) is 12.0 Å². The van der Waals surface area contributed by atoms with Gasteiger partial charge >= 0.3 is 5.97 Å². The second-order valence-corrected chi connectivity index (χ2v) is 7.03. The average Bonchev–Trinajstić information content (AvgIpc) is 3.17. The smallest absolute Gasteiger partial charge is 0.306 e. The predicted molar refractivity (Wildman–Crippen MR) is 100 cm³/mol. The summed E-state index contributed by atoms with van der Waals surface area (Å²) in [5, 5.41) is 9.21. The highest BCUT2D eigenvalue weighted by Crippen LogP contribution is 2.32. The minimum Gasteiger partial charge on any atom is -0.481 e. The van der Waals surface area contributed by atoms with E-state index >= 15 is 0 Å². The normalized spacial score (nSPS) is 19.2. The third-order valence-electron chi connectivity index (χ3n) is 5.17. The summed E-state index contributed by atoms with van der Waals surface area (Å²) in [6.45, 7) is 1.22. The Kier molecular flexibility index (Phi) is 6.05. The summed E-state index contributed by atoms with van der Waals surface area (Å²) in [6, 6.07) is 20.1. The first-order chi connectivity index (χ1) is 12.6. The molecule has 4 nitrogen and oxygen atoms in total. The lowest BCUT2D eigenvalue weighted by atomic mass is 10.0. The van der Waals surface area contributed by atoms with Crippen LogP contribution in [0.5, 0.6) is 0 Å². The summed E-state index contributed by atoms with van der Waals surface area (Å²) in [6.07, 6.45) is 2.54. The summed E-state index contributed by atoms with van der Waals surface area (Å²) in [7, 11) is 0. The molecule has 2 aromatic rings. The van der Waals surface area contributed by atoms with Gasteiger partial charge in [0.15, 0.2) is 0 Å². The molecule has 1 fully saturated rings. The van der Waals surface area contributed by atoms with Crippen molar-refractivity contribution in [1.29, 1.82) is 0 Å². The van der Waals surface area contributed by atoms with Crippen molar-refractivity contribution in [3.05, 3.63) is 71.8 Å². The van der Waals surface area contributed by atoms with E-state index in [1.807, 2.05) is 53.4 Å². The van der Waals surface area contributed by atoms with Crippen molar-refractivity contribution in [3.63, 3.8) is 0 Å². The van der Waals surface area contributed by atoms with E-state index in [2.05, 4.69) is 12.1 Å². The van der Waals surface area contributed by atoms with Crippen LogP contribution >= 0.6 is 0 Å². The number of carbonyl (C=O) groups is 2. The highest BCUT2D eigenvalue weighted by Gasteiger charge is 2.35. The Bertz CT molecular complexity index is 730. The Morgan fingerprint density at radius 1 is 0.885 bits per heavy atom. The molecule has 1 amide bonds. The maximum absolute atomic E-state index is 13.1. The van der Waals surface area contributed by atoms with Crippen LogP contribution in [0.15, 0.2) is 60.7 Å². The minimum atomic E-state index is -0.779. The van der Waals surface area contributed by atoms with Crippen molar-refractivity contribution >= 4 is 11.9 Å². The van der Waals surface area contributed by atoms with Crippen LogP contribution in [-0.2, 0) is 22.6 Å². The van der Waals surface area contributed by atoms with Gasteiger partial charge in [0.05, 0.1) is 5.92 Å². The number of benzene rings is 2. The van der Waals surface area contributed by atoms with Gasteiger partial charge in [-0.3, -0.25) is 9.59 Å². The molecule has 1 saturated carbocycles. The molecule has 0 bridgehead atoms. The van der Waals surface area contributed by atoms with Crippen LogP contribution in [0.4, 0.5) is 0 Å². The Balaban J connectivity index is 1.69. The van der Waals surface area contributed by atoms with Crippen molar-refractivity contribution in [2.75, 3.05) is 6.54 Å². The Morgan fingerprint density at radius 2 is 1.46 bits per heavy atom. The third-order valence-corrected chi connectivity index (χ3v) is 5.17. The van der Waals surface area contributed by atoms with Crippen molar-refractivity contribution in [2.24, 2.45) is 11.8 Å². The predicted octanol–water partition coefficient (Wildman–Crippen LogP) is 3.76. The van der Waals surface area contributed by atoms with Gasteiger partial charge in [0.2, 0.25) is 5.91 Å². The highest BCUT2D eigenvalue weighted by atomic mass is 16.4. The van der Waals surface area contributed by atoms with Crippen molar-refractivity contribution in [2.45, 2.75) is 32.2 Å². The lowest BCUT2D eigenvalue weighted by Crippen LogP contribution is -2.36. The fraction of sp³-hybridized carbons (Fsp3) is 0.364. The minimum absolute atomic E-state index is 0.0912. The first-order valence-corrected chi connectivity index (χ1v) is 9.23. The number of carbonyl (C=O) groups excluding carboxylic acids is 1. The number of nitrogens with zero attached hydrogens (tertiary/aromatic N) is 1. The first-order valence-electron chi connectivity index (χ1n) is 9.23. The fourth-order valence-corrected chi connectivity index (χ4v) is 3.67. The zero-order chi connectivity index (χ0) is 18.4. The first kappa shape index (κ1) is 18.2. The van der Waals surface area contributed by atoms with Crippen LogP contribution in [0, 0.1) is 11.8 Å². The van der Waals surface area contributed by atoms with Gasteiger partial charge in [-0.05, 0) is 36.8 Å². The summed E-state index contributed by atoms with van der Waals surface area (Å²) in [5.74, 6) is -1.24. The topological polar surface area (TPSA) is 57.6 Å². The number of hydrogen-bond acceptors (Lipinski definition) is 2. The van der Waals surface area contributed by atoms with Crippen LogP contribution in [0.1, 0.15) is 30.4 Å². The molecule has 2 aromatic carbocycles. The second kappa shape index (κ2) is 8.65. The van der Waals surface area contributed by atoms with Crippen LogP contribution in [0.3, 0.4) is 0 Å². The Morgan fingerprint density at radius 3 is 2.04 bits per heavy atom. The van der Waals surface area contributed by atoms with E-state index in [1.54, 1.807) is 0 Å². The summed E-state index contributed by atoms with van der Waals surface area (Å²) in [4.78, 5) is 26.2. The number of carboxylic acid groups (broad SMARTS) is 1. The molecule has 0 radical (unpaired) electrons. The van der Waals surface area contributed by atoms with E-state index in [-0.39, 0.29) is 17.7 Å². The Labute approximate surface area is 154 Å². The molecule has 3 rings (SSSR count). The van der Waals surface area contributed by atoms with E-state index < -0.39 is 5.97 Å². The maximum Gasteiger partial charge on any atom is 0.306 e. The average molecular weight is 351 g/mol. The van der Waals surface area contributed by atoms with Gasteiger partial charge in [-0.15, -0.1) is 0 Å². The fourth-order valence-electron chi connectivity index (χ4n) is 3.67. The largest absolute Gasteiger partial charge is 0.481 e. The van der Waals surface area contributed by atoms with Gasteiger partial charge in [-0.25, -0.2) is 0 Å². The van der Waals surface area contributed by atoms with Crippen molar-refractivity contribution in [3.8, 4) is 0 Å². The number of aliphatic carboxylic acids is 1.